The van der Waals surface area contributed by atoms with Crippen LogP contribution >= 0.6 is 11.8 Å². The predicted octanol–water partition coefficient (Wildman–Crippen LogP) is 1.31. The first-order valence-electron chi connectivity index (χ1n) is 5.05. The van der Waals surface area contributed by atoms with Crippen LogP contribution in [0.25, 0.3) is 0 Å². The molecule has 0 radical (unpaired) electrons. The van der Waals surface area contributed by atoms with Crippen molar-refractivity contribution in [3.8, 4) is 0 Å². The molecule has 0 aromatic carbocycles. The summed E-state index contributed by atoms with van der Waals surface area (Å²) in [6, 6.07) is 0. The van der Waals surface area contributed by atoms with Crippen LogP contribution in [0.5, 0.6) is 0 Å². The number of nitrogens with one attached hydrogen (secondary N) is 1. The third-order valence-corrected chi connectivity index (χ3v) is 3.21. The first-order valence-corrected chi connectivity index (χ1v) is 6.04. The van der Waals surface area contributed by atoms with Gasteiger partial charge in [0.25, 0.3) is 0 Å². The number of amides is 1. The summed E-state index contributed by atoms with van der Waals surface area (Å²) in [5.74, 6) is -0.554. The van der Waals surface area contributed by atoms with E-state index >= 15 is 0 Å². The number of hydrogen-bond acceptors (Lipinski definition) is 3. The molecule has 0 aromatic heterocycles. The van der Waals surface area contributed by atoms with Crippen molar-refractivity contribution in [3.05, 3.63) is 0 Å². The number of likely N-dealkylation sites (tertiary alicyclic amines) is 1. The number of halogens is 3. The third-order valence-electron chi connectivity index (χ3n) is 2.49. The van der Waals surface area contributed by atoms with E-state index < -0.39 is 17.2 Å². The maximum absolute atomic E-state index is 11.9. The van der Waals surface area contributed by atoms with Gasteiger partial charge in [0.2, 0.25) is 5.91 Å². The van der Waals surface area contributed by atoms with E-state index in [-0.39, 0.29) is 11.8 Å². The lowest BCUT2D eigenvalue weighted by atomic mass is 10.1. The smallest absolute Gasteiger partial charge is 0.342 e. The standard InChI is InChI=1S/C9H15F3N2OS/c1-13-4-7-2-3-14(5-7)8(15)6-16-9(10,11)12/h7,13H,2-6H2,1H3/t7-/m0/s1. The highest BCUT2D eigenvalue weighted by atomic mass is 32.2. The molecule has 1 amide bonds. The number of carbonyl (C=O) groups is 1. The fourth-order valence-corrected chi connectivity index (χ4v) is 2.22. The first-order chi connectivity index (χ1) is 7.42. The van der Waals surface area contributed by atoms with Gasteiger partial charge >= 0.3 is 5.51 Å². The van der Waals surface area contributed by atoms with Gasteiger partial charge in [0.15, 0.2) is 0 Å². The molecule has 1 saturated heterocycles. The summed E-state index contributed by atoms with van der Waals surface area (Å²) in [6.07, 6.45) is 0.864. The van der Waals surface area contributed by atoms with E-state index in [1.165, 1.54) is 4.90 Å². The molecule has 0 aromatic rings. The quantitative estimate of drug-likeness (QED) is 0.823. The van der Waals surface area contributed by atoms with Crippen molar-refractivity contribution in [1.29, 1.82) is 0 Å². The van der Waals surface area contributed by atoms with Gasteiger partial charge in [-0.2, -0.15) is 13.2 Å². The van der Waals surface area contributed by atoms with Crippen LogP contribution in [0.2, 0.25) is 0 Å². The number of carbonyl (C=O) groups excluding carboxylic acids is 1. The molecule has 3 nitrogen and oxygen atoms in total. The highest BCUT2D eigenvalue weighted by Gasteiger charge is 2.32. The molecule has 0 bridgehead atoms. The van der Waals surface area contributed by atoms with Crippen molar-refractivity contribution in [2.24, 2.45) is 5.92 Å². The molecule has 1 atom stereocenters. The van der Waals surface area contributed by atoms with E-state index in [4.69, 9.17) is 0 Å². The number of thioether (sulfide) groups is 1. The van der Waals surface area contributed by atoms with Gasteiger partial charge in [-0.05, 0) is 37.7 Å². The van der Waals surface area contributed by atoms with Crippen molar-refractivity contribution in [3.63, 3.8) is 0 Å². The van der Waals surface area contributed by atoms with Crippen LogP contribution in [-0.2, 0) is 4.79 Å². The highest BCUT2D eigenvalue weighted by Crippen LogP contribution is 2.30. The molecule has 0 spiro atoms. The van der Waals surface area contributed by atoms with E-state index in [2.05, 4.69) is 5.32 Å². The Kier molecular flexibility index (Phi) is 4.91. The van der Waals surface area contributed by atoms with Gasteiger partial charge in [0.05, 0.1) is 5.75 Å². The van der Waals surface area contributed by atoms with Crippen LogP contribution in [0.4, 0.5) is 13.2 Å². The number of alkyl halides is 3. The molecule has 1 rings (SSSR count). The van der Waals surface area contributed by atoms with Gasteiger partial charge in [-0.25, -0.2) is 0 Å². The van der Waals surface area contributed by atoms with Crippen molar-refractivity contribution in [1.82, 2.24) is 10.2 Å². The summed E-state index contributed by atoms with van der Waals surface area (Å²) < 4.78 is 35.6. The molecule has 16 heavy (non-hydrogen) atoms. The fraction of sp³-hybridized carbons (Fsp3) is 0.889. The second kappa shape index (κ2) is 5.77. The van der Waals surface area contributed by atoms with Crippen molar-refractivity contribution in [2.45, 2.75) is 11.9 Å². The maximum Gasteiger partial charge on any atom is 0.442 e. The summed E-state index contributed by atoms with van der Waals surface area (Å²) in [7, 11) is 1.82. The molecule has 94 valence electrons. The molecule has 0 aliphatic carbocycles. The second-order valence-corrected chi connectivity index (χ2v) is 4.83. The first kappa shape index (κ1) is 13.6. The number of nitrogens with zero attached hydrogens (tertiary/aromatic N) is 1. The average Bonchev–Trinajstić information content (AvgIpc) is 2.62. The van der Waals surface area contributed by atoms with Gasteiger partial charge < -0.3 is 10.2 Å². The van der Waals surface area contributed by atoms with E-state index in [0.29, 0.717) is 19.0 Å². The zero-order chi connectivity index (χ0) is 12.2. The van der Waals surface area contributed by atoms with Gasteiger partial charge in [-0.1, -0.05) is 0 Å². The summed E-state index contributed by atoms with van der Waals surface area (Å²) in [5, 5.41) is 3.00. The predicted molar refractivity (Wildman–Crippen MR) is 57.1 cm³/mol. The van der Waals surface area contributed by atoms with E-state index in [1.807, 2.05) is 7.05 Å². The Morgan fingerprint density at radius 3 is 2.81 bits per heavy atom. The zero-order valence-electron chi connectivity index (χ0n) is 9.01. The van der Waals surface area contributed by atoms with Crippen LogP contribution in [0.1, 0.15) is 6.42 Å². The van der Waals surface area contributed by atoms with Crippen LogP contribution < -0.4 is 5.32 Å². The molecule has 1 N–H and O–H groups in total. The normalized spacial score (nSPS) is 21.5. The van der Waals surface area contributed by atoms with E-state index in [9.17, 15) is 18.0 Å². The summed E-state index contributed by atoms with van der Waals surface area (Å²) in [5.41, 5.74) is -4.32. The largest absolute Gasteiger partial charge is 0.442 e. The Balaban J connectivity index is 2.28. The Hall–Kier alpha value is -0.430. The Morgan fingerprint density at radius 1 is 1.56 bits per heavy atom. The van der Waals surface area contributed by atoms with Crippen molar-refractivity contribution < 1.29 is 18.0 Å². The monoisotopic (exact) mass is 256 g/mol. The molecule has 1 aliphatic heterocycles. The lowest BCUT2D eigenvalue weighted by molar-refractivity contribution is -0.127. The fourth-order valence-electron chi connectivity index (χ4n) is 1.75. The highest BCUT2D eigenvalue weighted by molar-refractivity contribution is 8.00. The lowest BCUT2D eigenvalue weighted by Gasteiger charge is -2.16. The molecule has 1 heterocycles. The maximum atomic E-state index is 11.9. The van der Waals surface area contributed by atoms with Crippen LogP contribution in [0, 0.1) is 5.92 Å². The molecular weight excluding hydrogens is 241 g/mol. The van der Waals surface area contributed by atoms with Gasteiger partial charge in [-0.3, -0.25) is 4.79 Å². The average molecular weight is 256 g/mol. The van der Waals surface area contributed by atoms with Crippen LogP contribution in [0.3, 0.4) is 0 Å². The second-order valence-electron chi connectivity index (χ2n) is 3.79. The zero-order valence-corrected chi connectivity index (χ0v) is 9.83. The SMILES string of the molecule is CNC[C@@H]1CCN(C(=O)CSC(F)(F)F)C1. The molecule has 0 unspecified atom stereocenters. The molecule has 0 saturated carbocycles. The molecule has 1 aliphatic rings. The third kappa shape index (κ3) is 4.61. The minimum Gasteiger partial charge on any atom is -0.342 e. The summed E-state index contributed by atoms with van der Waals surface area (Å²) in [6.45, 7) is 1.94. The lowest BCUT2D eigenvalue weighted by Crippen LogP contribution is -2.32. The van der Waals surface area contributed by atoms with Gasteiger partial charge in [-0.15, -0.1) is 0 Å². The Bertz CT molecular complexity index is 247. The summed E-state index contributed by atoms with van der Waals surface area (Å²) >= 11 is -0.264. The summed E-state index contributed by atoms with van der Waals surface area (Å²) in [4.78, 5) is 12.9. The molecule has 1 fully saturated rings. The minimum atomic E-state index is -4.32. The molecular formula is C9H15F3N2OS. The van der Waals surface area contributed by atoms with Crippen molar-refractivity contribution in [2.75, 3.05) is 32.4 Å². The van der Waals surface area contributed by atoms with Gasteiger partial charge in [0, 0.05) is 13.1 Å². The Labute approximate surface area is 96.7 Å². The van der Waals surface area contributed by atoms with E-state index in [1.54, 1.807) is 0 Å². The minimum absolute atomic E-state index is 0.264. The van der Waals surface area contributed by atoms with Crippen molar-refractivity contribution >= 4 is 17.7 Å². The number of rotatable bonds is 4. The Morgan fingerprint density at radius 2 is 2.25 bits per heavy atom. The number of hydrogen-bond donors (Lipinski definition) is 1. The van der Waals surface area contributed by atoms with Gasteiger partial charge in [0.1, 0.15) is 0 Å². The van der Waals surface area contributed by atoms with Crippen LogP contribution in [-0.4, -0.2) is 48.8 Å². The topological polar surface area (TPSA) is 32.3 Å². The molecule has 7 heteroatoms. The van der Waals surface area contributed by atoms with Crippen LogP contribution in [0.15, 0.2) is 0 Å². The van der Waals surface area contributed by atoms with E-state index in [0.717, 1.165) is 13.0 Å².